The highest BCUT2D eigenvalue weighted by atomic mass is 127. The summed E-state index contributed by atoms with van der Waals surface area (Å²) in [6.45, 7) is 0.0683. The maximum atomic E-state index is 12.4. The third-order valence-corrected chi connectivity index (χ3v) is 4.66. The Hall–Kier alpha value is -1.91. The minimum absolute atomic E-state index is 0.0479. The standard InChI is InChI=1S/C16H12ClIN4O2S/c17-13-6-5-11(7-19-13)22-8-12(23)14(15(24)21-22)16(25)20-10-3-1-9(18)2-4-10/h1-7,23H,8H2,(H,20,25)(H,21,24). The van der Waals surface area contributed by atoms with Crippen LogP contribution >= 0.6 is 46.4 Å². The predicted molar refractivity (Wildman–Crippen MR) is 110 cm³/mol. The molecule has 3 N–H and O–H groups in total. The van der Waals surface area contributed by atoms with Gasteiger partial charge in [0.2, 0.25) is 0 Å². The van der Waals surface area contributed by atoms with E-state index in [0.29, 0.717) is 10.8 Å². The van der Waals surface area contributed by atoms with E-state index in [-0.39, 0.29) is 22.9 Å². The van der Waals surface area contributed by atoms with Crippen molar-refractivity contribution in [3.05, 3.63) is 62.7 Å². The Morgan fingerprint density at radius 3 is 2.64 bits per heavy atom. The van der Waals surface area contributed by atoms with E-state index in [1.165, 1.54) is 11.2 Å². The average molecular weight is 487 g/mol. The molecule has 6 nitrogen and oxygen atoms in total. The summed E-state index contributed by atoms with van der Waals surface area (Å²) in [7, 11) is 0. The molecule has 25 heavy (non-hydrogen) atoms. The van der Waals surface area contributed by atoms with Crippen molar-refractivity contribution >= 4 is 68.7 Å². The van der Waals surface area contributed by atoms with Crippen LogP contribution in [0, 0.1) is 3.57 Å². The zero-order valence-corrected chi connectivity index (χ0v) is 16.4. The number of anilines is 2. The van der Waals surface area contributed by atoms with Crippen molar-refractivity contribution < 1.29 is 9.90 Å². The molecule has 0 saturated heterocycles. The number of halogens is 2. The average Bonchev–Trinajstić information content (AvgIpc) is 2.57. The Morgan fingerprint density at radius 2 is 2.04 bits per heavy atom. The van der Waals surface area contributed by atoms with Gasteiger partial charge in [-0.1, -0.05) is 23.8 Å². The summed E-state index contributed by atoms with van der Waals surface area (Å²) >= 11 is 13.2. The second-order valence-corrected chi connectivity index (χ2v) is 7.19. The molecule has 1 amide bonds. The number of aromatic nitrogens is 1. The van der Waals surface area contributed by atoms with Crippen LogP contribution in [-0.2, 0) is 4.79 Å². The molecule has 0 atom stereocenters. The third kappa shape index (κ3) is 4.20. The molecular weight excluding hydrogens is 475 g/mol. The Kier molecular flexibility index (Phi) is 5.40. The number of nitrogens with one attached hydrogen (secondary N) is 2. The number of pyridine rings is 1. The van der Waals surface area contributed by atoms with Gasteiger partial charge in [-0.3, -0.25) is 15.2 Å². The number of carbonyl (C=O) groups excluding carboxylic acids is 1. The van der Waals surface area contributed by atoms with Gasteiger partial charge in [-0.15, -0.1) is 0 Å². The number of amides is 1. The molecule has 128 valence electrons. The summed E-state index contributed by atoms with van der Waals surface area (Å²) in [6, 6.07) is 10.8. The molecule has 1 aliphatic heterocycles. The predicted octanol–water partition coefficient (Wildman–Crippen LogP) is 3.44. The van der Waals surface area contributed by atoms with Gasteiger partial charge in [0, 0.05) is 9.26 Å². The van der Waals surface area contributed by atoms with E-state index in [0.717, 1.165) is 9.26 Å². The summed E-state index contributed by atoms with van der Waals surface area (Å²) in [5.74, 6) is -0.622. The highest BCUT2D eigenvalue weighted by molar-refractivity contribution is 14.1. The lowest BCUT2D eigenvalue weighted by atomic mass is 10.1. The second-order valence-electron chi connectivity index (χ2n) is 5.15. The van der Waals surface area contributed by atoms with Gasteiger partial charge in [0.05, 0.1) is 18.4 Å². The number of rotatable bonds is 3. The quantitative estimate of drug-likeness (QED) is 0.351. The van der Waals surface area contributed by atoms with E-state index in [4.69, 9.17) is 23.8 Å². The highest BCUT2D eigenvalue weighted by Crippen LogP contribution is 2.21. The largest absolute Gasteiger partial charge is 0.509 e. The van der Waals surface area contributed by atoms with Gasteiger partial charge in [-0.05, 0) is 59.0 Å². The number of hydrogen-bond donors (Lipinski definition) is 3. The van der Waals surface area contributed by atoms with Crippen LogP contribution in [0.2, 0.25) is 5.15 Å². The lowest BCUT2D eigenvalue weighted by Crippen LogP contribution is -2.50. The first-order valence-corrected chi connectivity index (χ1v) is 8.99. The number of thiocarbonyl (C=S) groups is 1. The smallest absolute Gasteiger partial charge is 0.276 e. The molecule has 2 heterocycles. The molecule has 0 aliphatic carbocycles. The lowest BCUT2D eigenvalue weighted by Gasteiger charge is -2.30. The molecule has 2 aromatic rings. The van der Waals surface area contributed by atoms with Crippen molar-refractivity contribution in [2.45, 2.75) is 0 Å². The number of aliphatic hydroxyl groups excluding tert-OH is 1. The minimum Gasteiger partial charge on any atom is -0.509 e. The lowest BCUT2D eigenvalue weighted by molar-refractivity contribution is -0.117. The van der Waals surface area contributed by atoms with Crippen LogP contribution in [0.1, 0.15) is 0 Å². The van der Waals surface area contributed by atoms with Crippen LogP contribution in [-0.4, -0.2) is 27.5 Å². The summed E-state index contributed by atoms with van der Waals surface area (Å²) in [6.07, 6.45) is 1.50. The first-order chi connectivity index (χ1) is 11.9. The Balaban J connectivity index is 1.78. The first kappa shape index (κ1) is 17.9. The maximum Gasteiger partial charge on any atom is 0.276 e. The van der Waals surface area contributed by atoms with Crippen molar-refractivity contribution in [2.75, 3.05) is 16.9 Å². The molecule has 3 rings (SSSR count). The van der Waals surface area contributed by atoms with E-state index >= 15 is 0 Å². The van der Waals surface area contributed by atoms with Crippen LogP contribution < -0.4 is 15.8 Å². The molecule has 0 spiro atoms. The number of benzene rings is 1. The van der Waals surface area contributed by atoms with Crippen molar-refractivity contribution in [3.63, 3.8) is 0 Å². The van der Waals surface area contributed by atoms with Crippen LogP contribution in [0.15, 0.2) is 53.9 Å². The Labute approximate surface area is 168 Å². The monoisotopic (exact) mass is 486 g/mol. The van der Waals surface area contributed by atoms with E-state index in [1.807, 2.05) is 24.3 Å². The number of carbonyl (C=O) groups is 1. The van der Waals surface area contributed by atoms with E-state index < -0.39 is 5.91 Å². The van der Waals surface area contributed by atoms with Crippen LogP contribution in [0.4, 0.5) is 11.4 Å². The topological polar surface area (TPSA) is 77.5 Å². The molecule has 0 fully saturated rings. The van der Waals surface area contributed by atoms with Crippen molar-refractivity contribution in [2.24, 2.45) is 0 Å². The zero-order chi connectivity index (χ0) is 18.0. The molecule has 1 aliphatic rings. The van der Waals surface area contributed by atoms with Crippen LogP contribution in [0.5, 0.6) is 0 Å². The van der Waals surface area contributed by atoms with Gasteiger partial charge >= 0.3 is 0 Å². The minimum atomic E-state index is -0.498. The fourth-order valence-electron chi connectivity index (χ4n) is 2.22. The molecule has 0 bridgehead atoms. The van der Waals surface area contributed by atoms with E-state index in [2.05, 4.69) is 38.3 Å². The van der Waals surface area contributed by atoms with Crippen molar-refractivity contribution in [1.82, 2.24) is 10.4 Å². The Morgan fingerprint density at radius 1 is 1.32 bits per heavy atom. The van der Waals surface area contributed by atoms with E-state index in [1.54, 1.807) is 12.1 Å². The van der Waals surface area contributed by atoms with Gasteiger partial charge in [-0.2, -0.15) is 0 Å². The molecule has 1 aromatic heterocycles. The zero-order valence-electron chi connectivity index (χ0n) is 12.7. The van der Waals surface area contributed by atoms with E-state index in [9.17, 15) is 9.90 Å². The normalized spacial score (nSPS) is 14.3. The highest BCUT2D eigenvalue weighted by Gasteiger charge is 2.28. The molecule has 0 radical (unpaired) electrons. The molecule has 9 heteroatoms. The summed E-state index contributed by atoms with van der Waals surface area (Å²) in [5.41, 5.74) is 4.06. The van der Waals surface area contributed by atoms with Gasteiger partial charge < -0.3 is 10.4 Å². The van der Waals surface area contributed by atoms with Gasteiger partial charge in [-0.25, -0.2) is 4.98 Å². The summed E-state index contributed by atoms with van der Waals surface area (Å²) in [4.78, 5) is 16.5. The van der Waals surface area contributed by atoms with Crippen molar-refractivity contribution in [3.8, 4) is 0 Å². The summed E-state index contributed by atoms with van der Waals surface area (Å²) < 4.78 is 1.08. The number of nitrogens with zero attached hydrogens (tertiary/aromatic N) is 2. The fraction of sp³-hybridized carbons (Fsp3) is 0.0625. The first-order valence-electron chi connectivity index (χ1n) is 7.13. The number of hydrazine groups is 1. The van der Waals surface area contributed by atoms with Gasteiger partial charge in [0.1, 0.15) is 21.5 Å². The van der Waals surface area contributed by atoms with Crippen molar-refractivity contribution in [1.29, 1.82) is 0 Å². The van der Waals surface area contributed by atoms with Gasteiger partial charge in [0.15, 0.2) is 0 Å². The molecule has 1 aromatic carbocycles. The molecule has 0 unspecified atom stereocenters. The van der Waals surface area contributed by atoms with Gasteiger partial charge in [0.25, 0.3) is 5.91 Å². The van der Waals surface area contributed by atoms with Crippen LogP contribution in [0.25, 0.3) is 0 Å². The van der Waals surface area contributed by atoms with Crippen LogP contribution in [0.3, 0.4) is 0 Å². The number of hydrogen-bond acceptors (Lipinski definition) is 5. The second kappa shape index (κ2) is 7.54. The summed E-state index contributed by atoms with van der Waals surface area (Å²) in [5, 5.41) is 15.1. The third-order valence-electron chi connectivity index (χ3n) is 3.41. The fourth-order valence-corrected chi connectivity index (χ4v) is 3.02. The molecular formula is C16H12ClIN4O2S. The molecule has 0 saturated carbocycles. The Bertz CT molecular complexity index is 855. The number of aliphatic hydroxyl groups is 1. The maximum absolute atomic E-state index is 12.4. The SMILES string of the molecule is O=C1NN(c2ccc(Cl)nc2)CC(O)=C1C(=S)Nc1ccc(I)cc1.